The Hall–Kier alpha value is -3.12. The molecule has 0 spiro atoms. The van der Waals surface area contributed by atoms with Crippen molar-refractivity contribution in [3.63, 3.8) is 0 Å². The molecule has 0 aromatic heterocycles. The smallest absolute Gasteiger partial charge is 0.303 e. The molecule has 1 aliphatic heterocycles. The lowest BCUT2D eigenvalue weighted by molar-refractivity contribution is -0.137. The number of hydrazone groups is 1. The number of rotatable bonds is 9. The number of hydrogen-bond donors (Lipinski definition) is 2. The lowest BCUT2D eigenvalue weighted by Gasteiger charge is -2.32. The van der Waals surface area contributed by atoms with E-state index in [0.717, 1.165) is 35.4 Å². The number of ether oxygens (including phenoxy) is 1. The van der Waals surface area contributed by atoms with E-state index >= 15 is 0 Å². The molecule has 152 valence electrons. The summed E-state index contributed by atoms with van der Waals surface area (Å²) in [6.45, 7) is 0.504. The van der Waals surface area contributed by atoms with E-state index < -0.39 is 5.97 Å². The minimum Gasteiger partial charge on any atom is -0.497 e. The lowest BCUT2D eigenvalue weighted by Crippen LogP contribution is -2.44. The molecule has 3 rings (SSSR count). The second-order valence-corrected chi connectivity index (χ2v) is 7.02. The summed E-state index contributed by atoms with van der Waals surface area (Å²) in [5.41, 5.74) is 10.6. The van der Waals surface area contributed by atoms with Gasteiger partial charge in [-0.05, 0) is 48.6 Å². The average Bonchev–Trinajstić information content (AvgIpc) is 2.74. The molecule has 0 aliphatic carbocycles. The molecule has 0 bridgehead atoms. The van der Waals surface area contributed by atoms with Crippen LogP contribution in [0.4, 0.5) is 0 Å². The van der Waals surface area contributed by atoms with Gasteiger partial charge in [-0.3, -0.25) is 9.80 Å². The van der Waals surface area contributed by atoms with Crippen molar-refractivity contribution in [1.82, 2.24) is 5.01 Å². The maximum atomic E-state index is 10.9. The molecule has 0 saturated heterocycles. The van der Waals surface area contributed by atoms with Gasteiger partial charge >= 0.3 is 5.97 Å². The third-order valence-corrected chi connectivity index (χ3v) is 4.97. The van der Waals surface area contributed by atoms with Gasteiger partial charge in [-0.2, -0.15) is 5.10 Å². The lowest BCUT2D eigenvalue weighted by atomic mass is 9.97. The van der Waals surface area contributed by atoms with Crippen LogP contribution in [-0.2, 0) is 11.2 Å². The van der Waals surface area contributed by atoms with Crippen molar-refractivity contribution in [2.45, 2.75) is 31.8 Å². The molecule has 3 N–H and O–H groups in total. The van der Waals surface area contributed by atoms with Crippen molar-refractivity contribution in [1.29, 1.82) is 0 Å². The predicted octanol–water partition coefficient (Wildman–Crippen LogP) is 3.42. The van der Waals surface area contributed by atoms with Crippen LogP contribution in [0.25, 0.3) is 0 Å². The summed E-state index contributed by atoms with van der Waals surface area (Å²) in [5.74, 6) is 0.0311. The number of nitrogens with zero attached hydrogens (tertiary/aromatic N) is 2. The highest BCUT2D eigenvalue weighted by Gasteiger charge is 2.23. The van der Waals surface area contributed by atoms with E-state index in [-0.39, 0.29) is 12.6 Å². The topological polar surface area (TPSA) is 88.1 Å². The van der Waals surface area contributed by atoms with Crippen molar-refractivity contribution in [3.05, 3.63) is 77.4 Å². The van der Waals surface area contributed by atoms with Gasteiger partial charge in [0, 0.05) is 18.5 Å². The van der Waals surface area contributed by atoms with Crippen LogP contribution in [-0.4, -0.2) is 41.6 Å². The summed E-state index contributed by atoms with van der Waals surface area (Å²) in [4.78, 5) is 10.9. The molecular weight excluding hydrogens is 366 g/mol. The number of nitrogens with two attached hydrogens (primary N) is 1. The van der Waals surface area contributed by atoms with Crippen LogP contribution < -0.4 is 10.5 Å². The predicted molar refractivity (Wildman–Crippen MR) is 114 cm³/mol. The minimum absolute atomic E-state index is 0.101. The van der Waals surface area contributed by atoms with Gasteiger partial charge in [0.15, 0.2) is 0 Å². The summed E-state index contributed by atoms with van der Waals surface area (Å²) in [7, 11) is 1.66. The normalized spacial score (nSPS) is 16.2. The van der Waals surface area contributed by atoms with Crippen LogP contribution in [0, 0.1) is 0 Å². The number of carboxylic acids is 1. The molecule has 6 nitrogen and oxygen atoms in total. The van der Waals surface area contributed by atoms with Crippen LogP contribution in [0.3, 0.4) is 0 Å². The van der Waals surface area contributed by atoms with Crippen LogP contribution in [0.15, 0.2) is 71.3 Å². The average molecular weight is 393 g/mol. The molecule has 29 heavy (non-hydrogen) atoms. The maximum absolute atomic E-state index is 10.9. The SMILES string of the molecule is COc1ccc(CCC2=CC(c3ccccc3)=NN(CCCC(=O)O)C2N)cc1. The number of aryl methyl sites for hydroxylation is 1. The summed E-state index contributed by atoms with van der Waals surface area (Å²) >= 11 is 0. The molecule has 0 fully saturated rings. The second kappa shape index (κ2) is 9.89. The van der Waals surface area contributed by atoms with Crippen LogP contribution in [0.5, 0.6) is 5.75 Å². The van der Waals surface area contributed by atoms with E-state index in [1.54, 1.807) is 7.11 Å². The molecule has 1 aliphatic rings. The number of benzene rings is 2. The Morgan fingerprint density at radius 2 is 1.86 bits per heavy atom. The van der Waals surface area contributed by atoms with Crippen molar-refractivity contribution in [2.24, 2.45) is 10.8 Å². The highest BCUT2D eigenvalue weighted by molar-refractivity contribution is 6.09. The fourth-order valence-corrected chi connectivity index (χ4v) is 3.31. The Morgan fingerprint density at radius 3 is 2.52 bits per heavy atom. The first kappa shape index (κ1) is 20.6. The highest BCUT2D eigenvalue weighted by atomic mass is 16.5. The van der Waals surface area contributed by atoms with Gasteiger partial charge in [0.25, 0.3) is 0 Å². The molecule has 0 amide bonds. The fourth-order valence-electron chi connectivity index (χ4n) is 3.31. The third kappa shape index (κ3) is 5.68. The van der Waals surface area contributed by atoms with E-state index in [0.29, 0.717) is 13.0 Å². The Labute approximate surface area is 171 Å². The van der Waals surface area contributed by atoms with Gasteiger partial charge in [-0.1, -0.05) is 42.5 Å². The zero-order valence-corrected chi connectivity index (χ0v) is 16.6. The first-order valence-electron chi connectivity index (χ1n) is 9.78. The number of carboxylic acid groups (broad SMARTS) is 1. The second-order valence-electron chi connectivity index (χ2n) is 7.02. The molecule has 2 aromatic carbocycles. The minimum atomic E-state index is -0.807. The van der Waals surface area contributed by atoms with E-state index in [9.17, 15) is 4.79 Å². The Morgan fingerprint density at radius 1 is 1.14 bits per heavy atom. The molecule has 0 saturated carbocycles. The summed E-state index contributed by atoms with van der Waals surface area (Å²) in [6.07, 6.45) is 3.97. The Balaban J connectivity index is 1.76. The number of carbonyl (C=O) groups is 1. The largest absolute Gasteiger partial charge is 0.497 e. The van der Waals surface area contributed by atoms with Gasteiger partial charge in [0.2, 0.25) is 0 Å². The van der Waals surface area contributed by atoms with Crippen molar-refractivity contribution >= 4 is 11.7 Å². The third-order valence-electron chi connectivity index (χ3n) is 4.97. The van der Waals surface area contributed by atoms with E-state index in [1.807, 2.05) is 47.5 Å². The first-order valence-corrected chi connectivity index (χ1v) is 9.78. The number of hydrogen-bond acceptors (Lipinski definition) is 5. The molecule has 1 heterocycles. The quantitative estimate of drug-likeness (QED) is 0.681. The molecule has 0 radical (unpaired) electrons. The number of aliphatic carboxylic acids is 1. The summed E-state index contributed by atoms with van der Waals surface area (Å²) < 4.78 is 5.22. The van der Waals surface area contributed by atoms with Gasteiger partial charge in [-0.15, -0.1) is 0 Å². The zero-order chi connectivity index (χ0) is 20.6. The zero-order valence-electron chi connectivity index (χ0n) is 16.6. The van der Waals surface area contributed by atoms with Crippen molar-refractivity contribution in [2.75, 3.05) is 13.7 Å². The number of allylic oxidation sites excluding steroid dienone is 1. The maximum Gasteiger partial charge on any atom is 0.303 e. The van der Waals surface area contributed by atoms with E-state index in [2.05, 4.69) is 18.2 Å². The van der Waals surface area contributed by atoms with Crippen LogP contribution in [0.2, 0.25) is 0 Å². The van der Waals surface area contributed by atoms with Gasteiger partial charge in [0.1, 0.15) is 11.9 Å². The molecular formula is C23H27N3O3. The van der Waals surface area contributed by atoms with Gasteiger partial charge in [-0.25, -0.2) is 0 Å². The van der Waals surface area contributed by atoms with Gasteiger partial charge in [0.05, 0.1) is 12.8 Å². The molecule has 1 atom stereocenters. The van der Waals surface area contributed by atoms with Crippen molar-refractivity contribution < 1.29 is 14.6 Å². The molecule has 2 aromatic rings. The van der Waals surface area contributed by atoms with Crippen LogP contribution >= 0.6 is 0 Å². The van der Waals surface area contributed by atoms with Crippen molar-refractivity contribution in [3.8, 4) is 5.75 Å². The molecule has 1 unspecified atom stereocenters. The first-order chi connectivity index (χ1) is 14.1. The Kier molecular flexibility index (Phi) is 7.03. The van der Waals surface area contributed by atoms with Crippen LogP contribution in [0.1, 0.15) is 30.4 Å². The highest BCUT2D eigenvalue weighted by Crippen LogP contribution is 2.22. The van der Waals surface area contributed by atoms with E-state index in [1.165, 1.54) is 5.56 Å². The fraction of sp³-hybridized carbons (Fsp3) is 0.304. The molecule has 6 heteroatoms. The number of methoxy groups -OCH3 is 1. The standard InChI is InChI=1S/C23H27N3O3/c1-29-20-13-10-17(11-14-20)9-12-19-16-21(18-6-3-2-4-7-18)25-26(23(19)24)15-5-8-22(27)28/h2-4,6-7,10-11,13-14,16,23H,5,8-9,12,15,24H2,1H3,(H,27,28). The van der Waals surface area contributed by atoms with Gasteiger partial charge < -0.3 is 15.6 Å². The summed E-state index contributed by atoms with van der Waals surface area (Å²) in [6, 6.07) is 18.0. The Bertz CT molecular complexity index is 876. The monoisotopic (exact) mass is 393 g/mol. The van der Waals surface area contributed by atoms with E-state index in [4.69, 9.17) is 20.7 Å². The summed E-state index contributed by atoms with van der Waals surface area (Å²) in [5, 5.41) is 15.4.